The first kappa shape index (κ1) is 22.1. The van der Waals surface area contributed by atoms with E-state index in [1.165, 1.54) is 24.0 Å². The van der Waals surface area contributed by atoms with Crippen LogP contribution in [0.4, 0.5) is 0 Å². The molecule has 3 N–H and O–H groups in total. The minimum atomic E-state index is -0.541. The first-order valence-corrected chi connectivity index (χ1v) is 11.2. The van der Waals surface area contributed by atoms with Crippen molar-refractivity contribution in [1.29, 1.82) is 0 Å². The van der Waals surface area contributed by atoms with Crippen LogP contribution in [0.25, 0.3) is 0 Å². The first-order chi connectivity index (χ1) is 14.1. The molecule has 1 heterocycles. The molecule has 162 valence electrons. The van der Waals surface area contributed by atoms with Crippen molar-refractivity contribution in [3.05, 3.63) is 35.4 Å². The number of likely N-dealkylation sites (tertiary alicyclic amines) is 1. The Hall–Kier alpha value is -1.63. The zero-order chi connectivity index (χ0) is 20.5. The van der Waals surface area contributed by atoms with Gasteiger partial charge in [0.25, 0.3) is 0 Å². The van der Waals surface area contributed by atoms with E-state index in [4.69, 9.17) is 4.74 Å². The van der Waals surface area contributed by atoms with Gasteiger partial charge >= 0.3 is 0 Å². The number of aliphatic hydroxyl groups excluding tert-OH is 1. The van der Waals surface area contributed by atoms with Crippen LogP contribution in [0.1, 0.15) is 43.7 Å². The zero-order valence-corrected chi connectivity index (χ0v) is 18.1. The molecule has 0 bridgehead atoms. The second kappa shape index (κ2) is 11.5. The fraction of sp³-hybridized carbons (Fsp3) is 0.696. The third kappa shape index (κ3) is 8.33. The van der Waals surface area contributed by atoms with Crippen molar-refractivity contribution in [2.45, 2.75) is 58.2 Å². The van der Waals surface area contributed by atoms with Crippen LogP contribution in [-0.4, -0.2) is 67.5 Å². The summed E-state index contributed by atoms with van der Waals surface area (Å²) in [6.45, 7) is 9.74. The smallest absolute Gasteiger partial charge is 0.191 e. The Morgan fingerprint density at radius 2 is 2.07 bits per heavy atom. The van der Waals surface area contributed by atoms with Crippen molar-refractivity contribution in [1.82, 2.24) is 15.5 Å². The molecule has 1 unspecified atom stereocenters. The number of hydrogen-bond acceptors (Lipinski definition) is 4. The fourth-order valence-electron chi connectivity index (χ4n) is 3.72. The maximum absolute atomic E-state index is 10.1. The van der Waals surface area contributed by atoms with Gasteiger partial charge in [0, 0.05) is 38.8 Å². The van der Waals surface area contributed by atoms with Gasteiger partial charge in [-0.1, -0.05) is 29.8 Å². The highest BCUT2D eigenvalue weighted by molar-refractivity contribution is 5.80. The standard InChI is InChI=1S/C23H38N4O2/c1-3-24-23(25-14-22(28)17-29-16-19-7-8-19)26-21-9-11-27(12-10-21)15-20-6-4-5-18(2)13-20/h4-6,13,19,21-22,28H,3,7-12,14-17H2,1-2H3,(H2,24,25,26). The number of nitrogens with one attached hydrogen (secondary N) is 2. The second-order valence-corrected chi connectivity index (χ2v) is 8.54. The Morgan fingerprint density at radius 3 is 2.76 bits per heavy atom. The Bertz CT molecular complexity index is 640. The third-order valence-electron chi connectivity index (χ3n) is 5.58. The van der Waals surface area contributed by atoms with Crippen molar-refractivity contribution in [2.75, 3.05) is 39.4 Å². The van der Waals surface area contributed by atoms with Crippen LogP contribution in [0, 0.1) is 12.8 Å². The summed E-state index contributed by atoms with van der Waals surface area (Å²) in [5, 5.41) is 17.0. The average molecular weight is 403 g/mol. The van der Waals surface area contributed by atoms with E-state index in [1.807, 2.05) is 0 Å². The van der Waals surface area contributed by atoms with Gasteiger partial charge < -0.3 is 20.5 Å². The molecule has 1 saturated heterocycles. The molecule has 3 rings (SSSR count). The van der Waals surface area contributed by atoms with E-state index in [1.54, 1.807) is 0 Å². The van der Waals surface area contributed by atoms with Crippen molar-refractivity contribution in [2.24, 2.45) is 10.9 Å². The maximum Gasteiger partial charge on any atom is 0.191 e. The number of nitrogens with zero attached hydrogens (tertiary/aromatic N) is 2. The molecular weight excluding hydrogens is 364 g/mol. The van der Waals surface area contributed by atoms with Crippen LogP contribution in [-0.2, 0) is 11.3 Å². The van der Waals surface area contributed by atoms with Gasteiger partial charge in [-0.3, -0.25) is 9.89 Å². The fourth-order valence-corrected chi connectivity index (χ4v) is 3.72. The monoisotopic (exact) mass is 402 g/mol. The van der Waals surface area contributed by atoms with Gasteiger partial charge in [-0.15, -0.1) is 0 Å². The normalized spacial score (nSPS) is 19.9. The van der Waals surface area contributed by atoms with E-state index in [2.05, 4.69) is 58.6 Å². The van der Waals surface area contributed by atoms with Gasteiger partial charge in [0.15, 0.2) is 5.96 Å². The minimum Gasteiger partial charge on any atom is -0.389 e. The Kier molecular flexibility index (Phi) is 8.77. The number of guanidine groups is 1. The topological polar surface area (TPSA) is 69.1 Å². The molecule has 2 aliphatic rings. The van der Waals surface area contributed by atoms with Crippen LogP contribution in [0.15, 0.2) is 29.3 Å². The summed E-state index contributed by atoms with van der Waals surface area (Å²) in [5.74, 6) is 1.52. The van der Waals surface area contributed by atoms with Crippen LogP contribution >= 0.6 is 0 Å². The van der Waals surface area contributed by atoms with Crippen LogP contribution in [0.5, 0.6) is 0 Å². The molecule has 1 saturated carbocycles. The van der Waals surface area contributed by atoms with E-state index in [9.17, 15) is 5.11 Å². The van der Waals surface area contributed by atoms with Gasteiger partial charge in [0.05, 0.1) is 19.3 Å². The Balaban J connectivity index is 1.38. The number of aliphatic imine (C=N–C) groups is 1. The number of aryl methyl sites for hydroxylation is 1. The van der Waals surface area contributed by atoms with Crippen molar-refractivity contribution in [3.63, 3.8) is 0 Å². The van der Waals surface area contributed by atoms with Gasteiger partial charge in [-0.2, -0.15) is 0 Å². The molecule has 6 nitrogen and oxygen atoms in total. The van der Waals surface area contributed by atoms with Gasteiger partial charge in [-0.05, 0) is 51.0 Å². The minimum absolute atomic E-state index is 0.367. The van der Waals surface area contributed by atoms with Crippen molar-refractivity contribution >= 4 is 5.96 Å². The number of benzene rings is 1. The predicted octanol–water partition coefficient (Wildman–Crippen LogP) is 2.30. The Morgan fingerprint density at radius 1 is 1.28 bits per heavy atom. The number of aliphatic hydroxyl groups is 1. The summed E-state index contributed by atoms with van der Waals surface area (Å²) in [6, 6.07) is 9.21. The largest absolute Gasteiger partial charge is 0.389 e. The second-order valence-electron chi connectivity index (χ2n) is 8.54. The zero-order valence-electron chi connectivity index (χ0n) is 18.1. The highest BCUT2D eigenvalue weighted by atomic mass is 16.5. The summed E-state index contributed by atoms with van der Waals surface area (Å²) in [7, 11) is 0. The summed E-state index contributed by atoms with van der Waals surface area (Å²) in [6.07, 6.45) is 4.20. The lowest BCUT2D eigenvalue weighted by atomic mass is 10.0. The number of rotatable bonds is 10. The number of hydrogen-bond donors (Lipinski definition) is 3. The molecule has 1 aliphatic heterocycles. The van der Waals surface area contributed by atoms with Crippen LogP contribution < -0.4 is 10.6 Å². The molecule has 6 heteroatoms. The van der Waals surface area contributed by atoms with E-state index < -0.39 is 6.10 Å². The molecule has 0 radical (unpaired) electrons. The van der Waals surface area contributed by atoms with Crippen molar-refractivity contribution < 1.29 is 9.84 Å². The molecule has 0 aromatic heterocycles. The van der Waals surface area contributed by atoms with E-state index >= 15 is 0 Å². The lowest BCUT2D eigenvalue weighted by Crippen LogP contribution is -2.48. The quantitative estimate of drug-likeness (QED) is 0.414. The van der Waals surface area contributed by atoms with Gasteiger partial charge in [0.1, 0.15) is 0 Å². The third-order valence-corrected chi connectivity index (χ3v) is 5.58. The molecule has 0 spiro atoms. The molecule has 1 aromatic rings. The SMILES string of the molecule is CCNC(=NCC(O)COCC1CC1)NC1CCN(Cc2cccc(C)c2)CC1. The maximum atomic E-state index is 10.1. The molecular formula is C23H38N4O2. The highest BCUT2D eigenvalue weighted by Crippen LogP contribution is 2.28. The van der Waals surface area contributed by atoms with E-state index in [0.29, 0.717) is 19.2 Å². The molecule has 0 amide bonds. The lowest BCUT2D eigenvalue weighted by Gasteiger charge is -2.33. The molecule has 29 heavy (non-hydrogen) atoms. The van der Waals surface area contributed by atoms with Gasteiger partial charge in [0.2, 0.25) is 0 Å². The predicted molar refractivity (Wildman–Crippen MR) is 118 cm³/mol. The molecule has 1 aromatic carbocycles. The van der Waals surface area contributed by atoms with Crippen LogP contribution in [0.3, 0.4) is 0 Å². The highest BCUT2D eigenvalue weighted by Gasteiger charge is 2.22. The summed E-state index contributed by atoms with van der Waals surface area (Å²) in [5.41, 5.74) is 2.72. The first-order valence-electron chi connectivity index (χ1n) is 11.2. The average Bonchev–Trinajstić information content (AvgIpc) is 3.52. The summed E-state index contributed by atoms with van der Waals surface area (Å²) >= 11 is 0. The van der Waals surface area contributed by atoms with E-state index in [-0.39, 0.29) is 0 Å². The van der Waals surface area contributed by atoms with Crippen LogP contribution in [0.2, 0.25) is 0 Å². The summed E-state index contributed by atoms with van der Waals surface area (Å²) < 4.78 is 5.56. The number of piperidine rings is 1. The summed E-state index contributed by atoms with van der Waals surface area (Å²) in [4.78, 5) is 7.09. The number of ether oxygens (including phenoxy) is 1. The molecule has 2 fully saturated rings. The van der Waals surface area contributed by atoms with Crippen molar-refractivity contribution in [3.8, 4) is 0 Å². The van der Waals surface area contributed by atoms with Gasteiger partial charge in [-0.25, -0.2) is 0 Å². The molecule has 1 aliphatic carbocycles. The lowest BCUT2D eigenvalue weighted by molar-refractivity contribution is 0.0368. The van der Waals surface area contributed by atoms with E-state index in [0.717, 1.165) is 57.5 Å². The molecule has 1 atom stereocenters. The Labute approximate surface area is 175 Å².